The summed E-state index contributed by atoms with van der Waals surface area (Å²) in [5.41, 5.74) is 3.96. The number of carbonyl (C=O) groups excluding carboxylic acids is 2. The smallest absolute Gasteiger partial charge is 0.328 e. The molecule has 1 saturated heterocycles. The van der Waals surface area contributed by atoms with E-state index in [9.17, 15) is 18.0 Å². The zero-order valence-electron chi connectivity index (χ0n) is 18.9. The standard InChI is InChI=1S/C24H27N3O4S/c1-16-12-20(26-32(5,30)31)9-8-18(16)7-6-17-13-19(24(2,3)4)15-21(14-17)27-22(28)10-11-25-23(27)29/h8-9,12-15,26H,10-11H2,1-5H3,(H,25,29). The quantitative estimate of drug-likeness (QED) is 0.695. The summed E-state index contributed by atoms with van der Waals surface area (Å²) < 4.78 is 25.3. The molecule has 1 aliphatic rings. The van der Waals surface area contributed by atoms with Gasteiger partial charge in [-0.25, -0.2) is 18.1 Å². The molecule has 3 rings (SSSR count). The molecule has 0 radical (unpaired) electrons. The van der Waals surface area contributed by atoms with Crippen molar-refractivity contribution in [2.75, 3.05) is 22.4 Å². The molecule has 0 atom stereocenters. The molecule has 2 aromatic carbocycles. The molecule has 3 amide bonds. The van der Waals surface area contributed by atoms with Gasteiger partial charge >= 0.3 is 6.03 Å². The van der Waals surface area contributed by atoms with E-state index in [1.807, 2.05) is 19.1 Å². The largest absolute Gasteiger partial charge is 0.337 e. The van der Waals surface area contributed by atoms with Crippen molar-refractivity contribution in [1.29, 1.82) is 0 Å². The molecule has 0 bridgehead atoms. The molecule has 0 aliphatic carbocycles. The third-order valence-corrected chi connectivity index (χ3v) is 5.59. The molecular formula is C24H27N3O4S. The molecular weight excluding hydrogens is 426 g/mol. The van der Waals surface area contributed by atoms with Crippen molar-refractivity contribution < 1.29 is 18.0 Å². The number of hydrogen-bond donors (Lipinski definition) is 2. The number of anilines is 2. The van der Waals surface area contributed by atoms with Crippen LogP contribution < -0.4 is 14.9 Å². The van der Waals surface area contributed by atoms with Crippen LogP contribution in [0.5, 0.6) is 0 Å². The number of nitrogens with zero attached hydrogens (tertiary/aromatic N) is 1. The Kier molecular flexibility index (Phi) is 6.33. The van der Waals surface area contributed by atoms with Crippen LogP contribution in [0.4, 0.5) is 16.2 Å². The zero-order chi connectivity index (χ0) is 23.7. The summed E-state index contributed by atoms with van der Waals surface area (Å²) in [7, 11) is -3.36. The molecule has 1 fully saturated rings. The molecule has 0 saturated carbocycles. The lowest BCUT2D eigenvalue weighted by Gasteiger charge is -2.28. The van der Waals surface area contributed by atoms with E-state index in [1.165, 1.54) is 4.90 Å². The second kappa shape index (κ2) is 8.67. The lowest BCUT2D eigenvalue weighted by atomic mass is 9.85. The SMILES string of the molecule is Cc1cc(NS(C)(=O)=O)ccc1C#Cc1cc(N2C(=O)CCNC2=O)cc(C(C)(C)C)c1. The molecule has 0 aromatic heterocycles. The Morgan fingerprint density at radius 2 is 1.78 bits per heavy atom. The molecule has 8 heteroatoms. The molecule has 2 N–H and O–H groups in total. The Balaban J connectivity index is 2.01. The third kappa shape index (κ3) is 5.68. The van der Waals surface area contributed by atoms with E-state index in [1.54, 1.807) is 24.3 Å². The van der Waals surface area contributed by atoms with Gasteiger partial charge in [-0.3, -0.25) is 9.52 Å². The second-order valence-electron chi connectivity index (χ2n) is 8.88. The van der Waals surface area contributed by atoms with Crippen molar-refractivity contribution in [3.63, 3.8) is 0 Å². The molecule has 1 heterocycles. The van der Waals surface area contributed by atoms with E-state index in [2.05, 4.69) is 42.7 Å². The van der Waals surface area contributed by atoms with Crippen molar-refractivity contribution in [3.05, 3.63) is 58.7 Å². The molecule has 0 unspecified atom stereocenters. The lowest BCUT2D eigenvalue weighted by molar-refractivity contribution is -0.118. The first kappa shape index (κ1) is 23.4. The molecule has 168 valence electrons. The third-order valence-electron chi connectivity index (χ3n) is 4.98. The highest BCUT2D eigenvalue weighted by Gasteiger charge is 2.28. The monoisotopic (exact) mass is 453 g/mol. The number of imide groups is 1. The van der Waals surface area contributed by atoms with Gasteiger partial charge in [-0.05, 0) is 59.9 Å². The zero-order valence-corrected chi connectivity index (χ0v) is 19.7. The first-order valence-electron chi connectivity index (χ1n) is 10.2. The minimum atomic E-state index is -3.36. The fraction of sp³-hybridized carbons (Fsp3) is 0.333. The van der Waals surface area contributed by atoms with Crippen LogP contribution in [0.1, 0.15) is 49.4 Å². The van der Waals surface area contributed by atoms with Crippen molar-refractivity contribution in [2.45, 2.75) is 39.5 Å². The molecule has 32 heavy (non-hydrogen) atoms. The summed E-state index contributed by atoms with van der Waals surface area (Å²) in [4.78, 5) is 25.9. The van der Waals surface area contributed by atoms with Gasteiger partial charge in [0.25, 0.3) is 0 Å². The molecule has 7 nitrogen and oxygen atoms in total. The number of urea groups is 1. The van der Waals surface area contributed by atoms with Gasteiger partial charge in [0.2, 0.25) is 15.9 Å². The van der Waals surface area contributed by atoms with Crippen LogP contribution in [0.3, 0.4) is 0 Å². The highest BCUT2D eigenvalue weighted by Crippen LogP contribution is 2.29. The van der Waals surface area contributed by atoms with Crippen molar-refractivity contribution in [3.8, 4) is 11.8 Å². The van der Waals surface area contributed by atoms with Crippen LogP contribution >= 0.6 is 0 Å². The number of nitrogens with one attached hydrogen (secondary N) is 2. The highest BCUT2D eigenvalue weighted by molar-refractivity contribution is 7.92. The van der Waals surface area contributed by atoms with Gasteiger partial charge in [-0.1, -0.05) is 32.6 Å². The minimum absolute atomic E-state index is 0.212. The molecule has 0 spiro atoms. The van der Waals surface area contributed by atoms with E-state index < -0.39 is 16.1 Å². The van der Waals surface area contributed by atoms with Gasteiger partial charge < -0.3 is 5.32 Å². The number of hydrogen-bond acceptors (Lipinski definition) is 4. The minimum Gasteiger partial charge on any atom is -0.337 e. The average molecular weight is 454 g/mol. The fourth-order valence-electron chi connectivity index (χ4n) is 3.31. The van der Waals surface area contributed by atoms with Crippen LogP contribution in [-0.4, -0.2) is 33.2 Å². The number of carbonyl (C=O) groups is 2. The van der Waals surface area contributed by atoms with Crippen LogP contribution in [0.25, 0.3) is 0 Å². The fourth-order valence-corrected chi connectivity index (χ4v) is 3.86. The van der Waals surface area contributed by atoms with E-state index in [0.717, 1.165) is 22.9 Å². The predicted molar refractivity (Wildman–Crippen MR) is 126 cm³/mol. The summed E-state index contributed by atoms with van der Waals surface area (Å²) in [6, 6.07) is 10.2. The van der Waals surface area contributed by atoms with Gasteiger partial charge in [-0.15, -0.1) is 0 Å². The highest BCUT2D eigenvalue weighted by atomic mass is 32.2. The summed E-state index contributed by atoms with van der Waals surface area (Å²) in [6.07, 6.45) is 1.35. The second-order valence-corrected chi connectivity index (χ2v) is 10.6. The molecule has 2 aromatic rings. The summed E-state index contributed by atoms with van der Waals surface area (Å²) >= 11 is 0. The Labute approximate surface area is 189 Å². The van der Waals surface area contributed by atoms with Crippen molar-refractivity contribution in [1.82, 2.24) is 5.32 Å². The van der Waals surface area contributed by atoms with Gasteiger partial charge in [0, 0.05) is 29.8 Å². The Morgan fingerprint density at radius 1 is 1.06 bits per heavy atom. The average Bonchev–Trinajstić information content (AvgIpc) is 2.65. The maximum Gasteiger partial charge on any atom is 0.328 e. The summed E-state index contributed by atoms with van der Waals surface area (Å²) in [5, 5.41) is 2.71. The van der Waals surface area contributed by atoms with Gasteiger partial charge in [0.15, 0.2) is 0 Å². The normalized spacial score (nSPS) is 14.5. The van der Waals surface area contributed by atoms with Crippen molar-refractivity contribution in [2.24, 2.45) is 0 Å². The first-order valence-corrected chi connectivity index (χ1v) is 12.1. The Morgan fingerprint density at radius 3 is 2.38 bits per heavy atom. The lowest BCUT2D eigenvalue weighted by Crippen LogP contribution is -2.50. The van der Waals surface area contributed by atoms with Crippen LogP contribution in [0, 0.1) is 18.8 Å². The maximum atomic E-state index is 12.4. The Hall–Kier alpha value is -3.31. The van der Waals surface area contributed by atoms with Crippen LogP contribution in [-0.2, 0) is 20.2 Å². The topological polar surface area (TPSA) is 95.6 Å². The van der Waals surface area contributed by atoms with E-state index in [-0.39, 0.29) is 17.7 Å². The summed E-state index contributed by atoms with van der Waals surface area (Å²) in [6.45, 7) is 8.35. The molecule has 1 aliphatic heterocycles. The number of amides is 3. The number of rotatable bonds is 3. The van der Waals surface area contributed by atoms with Crippen LogP contribution in [0.2, 0.25) is 0 Å². The van der Waals surface area contributed by atoms with Gasteiger partial charge in [0.1, 0.15) is 0 Å². The van der Waals surface area contributed by atoms with Crippen LogP contribution in [0.15, 0.2) is 36.4 Å². The Bertz CT molecular complexity index is 1230. The number of aryl methyl sites for hydroxylation is 1. The van der Waals surface area contributed by atoms with Crippen molar-refractivity contribution >= 4 is 33.3 Å². The van der Waals surface area contributed by atoms with Gasteiger partial charge in [-0.2, -0.15) is 0 Å². The van der Waals surface area contributed by atoms with E-state index in [4.69, 9.17) is 0 Å². The van der Waals surface area contributed by atoms with E-state index >= 15 is 0 Å². The number of benzene rings is 2. The predicted octanol–water partition coefficient (Wildman–Crippen LogP) is 3.51. The maximum absolute atomic E-state index is 12.4. The first-order chi connectivity index (χ1) is 14.8. The summed E-state index contributed by atoms with van der Waals surface area (Å²) in [5.74, 6) is 6.01. The van der Waals surface area contributed by atoms with E-state index in [0.29, 0.717) is 23.5 Å². The van der Waals surface area contributed by atoms with Gasteiger partial charge in [0.05, 0.1) is 11.9 Å². The number of sulfonamides is 1.